The van der Waals surface area contributed by atoms with Crippen molar-refractivity contribution in [3.05, 3.63) is 51.8 Å². The summed E-state index contributed by atoms with van der Waals surface area (Å²) in [4.78, 5) is 0. The highest BCUT2D eigenvalue weighted by Gasteiger charge is 2.38. The third-order valence-electron chi connectivity index (χ3n) is 4.08. The number of aryl methyl sites for hydroxylation is 2. The van der Waals surface area contributed by atoms with Crippen molar-refractivity contribution in [2.75, 3.05) is 0 Å². The Bertz CT molecular complexity index is 623. The molecule has 1 aromatic carbocycles. The molecule has 0 bridgehead atoms. The number of nitrogens with zero attached hydrogens (tertiary/aromatic N) is 2. The lowest BCUT2D eigenvalue weighted by Gasteiger charge is -2.34. The quantitative estimate of drug-likeness (QED) is 0.933. The summed E-state index contributed by atoms with van der Waals surface area (Å²) in [5, 5.41) is 15.6. The Morgan fingerprint density at radius 2 is 2.10 bits per heavy atom. The molecule has 3 rings (SSSR count). The molecule has 1 aromatic heterocycles. The topological polar surface area (TPSA) is 38.0 Å². The van der Waals surface area contributed by atoms with E-state index in [2.05, 4.69) is 46.2 Å². The molecule has 4 heteroatoms. The van der Waals surface area contributed by atoms with Crippen molar-refractivity contribution in [2.24, 2.45) is 0 Å². The number of benzene rings is 1. The monoisotopic (exact) mass is 334 g/mol. The van der Waals surface area contributed by atoms with E-state index in [0.29, 0.717) is 6.42 Å². The summed E-state index contributed by atoms with van der Waals surface area (Å²) < 4.78 is 2.85. The molecule has 20 heavy (non-hydrogen) atoms. The van der Waals surface area contributed by atoms with Crippen LogP contribution in [0.2, 0.25) is 0 Å². The van der Waals surface area contributed by atoms with Gasteiger partial charge in [-0.3, -0.25) is 4.68 Å². The summed E-state index contributed by atoms with van der Waals surface area (Å²) in [6.07, 6.45) is 5.13. The Morgan fingerprint density at radius 1 is 1.35 bits per heavy atom. The van der Waals surface area contributed by atoms with Gasteiger partial charge in [0.1, 0.15) is 5.60 Å². The van der Waals surface area contributed by atoms with E-state index in [1.54, 1.807) is 6.20 Å². The summed E-state index contributed by atoms with van der Waals surface area (Å²) >= 11 is 3.55. The van der Waals surface area contributed by atoms with E-state index >= 15 is 0 Å². The van der Waals surface area contributed by atoms with E-state index in [1.807, 2.05) is 10.7 Å². The lowest BCUT2D eigenvalue weighted by atomic mass is 9.78. The van der Waals surface area contributed by atoms with Crippen LogP contribution in [0, 0.1) is 0 Å². The third-order valence-corrected chi connectivity index (χ3v) is 4.66. The summed E-state index contributed by atoms with van der Waals surface area (Å²) in [6.45, 7) is 2.96. The fourth-order valence-electron chi connectivity index (χ4n) is 3.13. The van der Waals surface area contributed by atoms with Crippen molar-refractivity contribution >= 4 is 15.9 Å². The Morgan fingerprint density at radius 3 is 2.85 bits per heavy atom. The maximum absolute atomic E-state index is 11.2. The third kappa shape index (κ3) is 2.31. The summed E-state index contributed by atoms with van der Waals surface area (Å²) in [7, 11) is 0. The molecule has 1 heterocycles. The van der Waals surface area contributed by atoms with Crippen molar-refractivity contribution < 1.29 is 5.11 Å². The van der Waals surface area contributed by atoms with Crippen molar-refractivity contribution in [3.63, 3.8) is 0 Å². The summed E-state index contributed by atoms with van der Waals surface area (Å²) in [6, 6.07) is 8.39. The van der Waals surface area contributed by atoms with Crippen LogP contribution in [0.1, 0.15) is 36.6 Å². The average Bonchev–Trinajstić information content (AvgIpc) is 2.81. The zero-order valence-corrected chi connectivity index (χ0v) is 13.2. The maximum atomic E-state index is 11.2. The molecule has 0 saturated heterocycles. The van der Waals surface area contributed by atoms with E-state index in [-0.39, 0.29) is 0 Å². The second kappa shape index (κ2) is 5.34. The van der Waals surface area contributed by atoms with E-state index in [1.165, 1.54) is 11.1 Å². The first-order chi connectivity index (χ1) is 9.64. The van der Waals surface area contributed by atoms with Crippen molar-refractivity contribution in [1.29, 1.82) is 0 Å². The van der Waals surface area contributed by atoms with E-state index < -0.39 is 5.60 Å². The van der Waals surface area contributed by atoms with Gasteiger partial charge in [0.2, 0.25) is 0 Å². The Balaban J connectivity index is 2.00. The number of aliphatic hydroxyl groups is 1. The van der Waals surface area contributed by atoms with Gasteiger partial charge in [-0.25, -0.2) is 0 Å². The minimum Gasteiger partial charge on any atom is -0.383 e. The number of rotatable bonds is 3. The average molecular weight is 335 g/mol. The van der Waals surface area contributed by atoms with Gasteiger partial charge in [-0.15, -0.1) is 0 Å². The minimum atomic E-state index is -0.821. The molecular weight excluding hydrogens is 316 g/mol. The molecule has 1 N–H and O–H groups in total. The fraction of sp³-hybridized carbons (Fsp3) is 0.438. The van der Waals surface area contributed by atoms with Gasteiger partial charge in [0.25, 0.3) is 0 Å². The summed E-state index contributed by atoms with van der Waals surface area (Å²) in [5.41, 5.74) is 2.71. The molecule has 0 saturated carbocycles. The van der Waals surface area contributed by atoms with E-state index in [0.717, 1.165) is 36.0 Å². The van der Waals surface area contributed by atoms with Gasteiger partial charge >= 0.3 is 0 Å². The SMILES string of the molecule is CCCn1ncc(Br)c1C1(O)CCc2ccccc2C1. The van der Waals surface area contributed by atoms with Crippen LogP contribution >= 0.6 is 15.9 Å². The zero-order valence-electron chi connectivity index (χ0n) is 11.6. The molecule has 0 spiro atoms. The minimum absolute atomic E-state index is 0.664. The highest BCUT2D eigenvalue weighted by atomic mass is 79.9. The van der Waals surface area contributed by atoms with Crippen LogP contribution in [-0.4, -0.2) is 14.9 Å². The first-order valence-corrected chi connectivity index (χ1v) is 7.94. The standard InChI is InChI=1S/C16H19BrN2O/c1-2-9-19-15(14(17)11-18-19)16(20)8-7-12-5-3-4-6-13(12)10-16/h3-6,11,20H,2,7-10H2,1H3. The summed E-state index contributed by atoms with van der Waals surface area (Å²) in [5.74, 6) is 0. The van der Waals surface area contributed by atoms with Gasteiger partial charge in [-0.2, -0.15) is 5.10 Å². The highest BCUT2D eigenvalue weighted by Crippen LogP contribution is 2.39. The first kappa shape index (κ1) is 13.8. The van der Waals surface area contributed by atoms with Crippen LogP contribution in [0.5, 0.6) is 0 Å². The smallest absolute Gasteiger partial charge is 0.112 e. The number of halogens is 1. The van der Waals surface area contributed by atoms with Gasteiger partial charge in [0.15, 0.2) is 0 Å². The van der Waals surface area contributed by atoms with Crippen LogP contribution in [0.4, 0.5) is 0 Å². The molecule has 3 nitrogen and oxygen atoms in total. The molecular formula is C16H19BrN2O. The largest absolute Gasteiger partial charge is 0.383 e. The van der Waals surface area contributed by atoms with Gasteiger partial charge < -0.3 is 5.11 Å². The molecule has 2 aromatic rings. The van der Waals surface area contributed by atoms with Crippen LogP contribution in [-0.2, 0) is 25.0 Å². The Labute approximate surface area is 127 Å². The molecule has 1 aliphatic rings. The number of aromatic nitrogens is 2. The molecule has 1 unspecified atom stereocenters. The molecule has 0 fully saturated rings. The van der Waals surface area contributed by atoms with Crippen LogP contribution in [0.3, 0.4) is 0 Å². The predicted octanol–water partition coefficient (Wildman–Crippen LogP) is 3.43. The van der Waals surface area contributed by atoms with Gasteiger partial charge in [0.05, 0.1) is 16.4 Å². The number of hydrogen-bond acceptors (Lipinski definition) is 2. The first-order valence-electron chi connectivity index (χ1n) is 7.15. The molecule has 0 radical (unpaired) electrons. The second-order valence-electron chi connectivity index (χ2n) is 5.54. The molecule has 0 amide bonds. The second-order valence-corrected chi connectivity index (χ2v) is 6.40. The van der Waals surface area contributed by atoms with E-state index in [9.17, 15) is 5.11 Å². The van der Waals surface area contributed by atoms with Crippen molar-refractivity contribution in [2.45, 2.75) is 44.8 Å². The number of hydrogen-bond donors (Lipinski definition) is 1. The number of fused-ring (bicyclic) bond motifs is 1. The maximum Gasteiger partial charge on any atom is 0.112 e. The van der Waals surface area contributed by atoms with E-state index in [4.69, 9.17) is 0 Å². The molecule has 1 atom stereocenters. The lowest BCUT2D eigenvalue weighted by molar-refractivity contribution is 0.0126. The molecule has 1 aliphatic carbocycles. The lowest BCUT2D eigenvalue weighted by Crippen LogP contribution is -2.36. The fourth-order valence-corrected chi connectivity index (χ4v) is 3.79. The molecule has 0 aliphatic heterocycles. The van der Waals surface area contributed by atoms with Gasteiger partial charge in [0, 0.05) is 13.0 Å². The normalized spacial score (nSPS) is 21.8. The molecule has 106 valence electrons. The van der Waals surface area contributed by atoms with Crippen molar-refractivity contribution in [3.8, 4) is 0 Å². The highest BCUT2D eigenvalue weighted by molar-refractivity contribution is 9.10. The van der Waals surface area contributed by atoms with Gasteiger partial charge in [-0.05, 0) is 46.3 Å². The predicted molar refractivity (Wildman–Crippen MR) is 82.6 cm³/mol. The van der Waals surface area contributed by atoms with Crippen LogP contribution < -0.4 is 0 Å². The van der Waals surface area contributed by atoms with Crippen molar-refractivity contribution in [1.82, 2.24) is 9.78 Å². The zero-order chi connectivity index (χ0) is 14.2. The van der Waals surface area contributed by atoms with Crippen LogP contribution in [0.15, 0.2) is 34.9 Å². The van der Waals surface area contributed by atoms with Gasteiger partial charge in [-0.1, -0.05) is 31.2 Å². The van der Waals surface area contributed by atoms with Crippen LogP contribution in [0.25, 0.3) is 0 Å². The Hall–Kier alpha value is -1.13. The Kier molecular flexibility index (Phi) is 3.69.